The number of Topliss-reactive ketones (excluding diaryl/α,β-unsaturated/α-hetero) is 1. The third kappa shape index (κ3) is 1.08. The van der Waals surface area contributed by atoms with Gasteiger partial charge < -0.3 is 0 Å². The van der Waals surface area contributed by atoms with Crippen molar-refractivity contribution in [2.45, 2.75) is 38.1 Å². The summed E-state index contributed by atoms with van der Waals surface area (Å²) in [7, 11) is 0. The van der Waals surface area contributed by atoms with Gasteiger partial charge in [-0.05, 0) is 31.7 Å². The Morgan fingerprint density at radius 3 is 2.85 bits per heavy atom. The molecule has 2 heteroatoms. The largest absolute Gasteiger partial charge is 0.298 e. The molecule has 0 aromatic heterocycles. The summed E-state index contributed by atoms with van der Waals surface area (Å²) in [4.78, 5) is 14.1. The van der Waals surface area contributed by atoms with Crippen molar-refractivity contribution >= 4 is 5.78 Å². The van der Waals surface area contributed by atoms with E-state index in [4.69, 9.17) is 0 Å². The van der Waals surface area contributed by atoms with Gasteiger partial charge in [0, 0.05) is 12.0 Å². The molecule has 1 aliphatic carbocycles. The predicted molar refractivity (Wildman–Crippen MR) is 50.4 cm³/mol. The van der Waals surface area contributed by atoms with Crippen molar-refractivity contribution < 1.29 is 4.79 Å². The minimum absolute atomic E-state index is 0.454. The highest BCUT2D eigenvalue weighted by molar-refractivity contribution is 5.85. The lowest BCUT2D eigenvalue weighted by atomic mass is 9.67. The van der Waals surface area contributed by atoms with Gasteiger partial charge in [-0.2, -0.15) is 0 Å². The molecule has 4 atom stereocenters. The summed E-state index contributed by atoms with van der Waals surface area (Å²) < 4.78 is 0. The zero-order valence-corrected chi connectivity index (χ0v) is 8.04. The minimum Gasteiger partial charge on any atom is -0.298 e. The topological polar surface area (TPSA) is 20.3 Å². The highest BCUT2D eigenvalue weighted by Crippen LogP contribution is 2.42. The molecule has 13 heavy (non-hydrogen) atoms. The summed E-state index contributed by atoms with van der Waals surface area (Å²) in [5.41, 5.74) is 0. The van der Waals surface area contributed by atoms with Gasteiger partial charge in [0.05, 0.1) is 6.54 Å². The standard InChI is InChI=1S/C11H17NO/c13-11-7-12-6-5-9(11)8-3-1-2-4-10(8)12/h8-10H,1-7H2. The molecule has 4 aliphatic rings. The van der Waals surface area contributed by atoms with Crippen LogP contribution in [-0.4, -0.2) is 29.8 Å². The maximum atomic E-state index is 11.7. The van der Waals surface area contributed by atoms with Crippen LogP contribution >= 0.6 is 0 Å². The molecule has 4 unspecified atom stereocenters. The molecule has 1 saturated carbocycles. The molecule has 0 amide bonds. The molecule has 0 aromatic rings. The maximum Gasteiger partial charge on any atom is 0.150 e. The van der Waals surface area contributed by atoms with Crippen molar-refractivity contribution in [2.75, 3.05) is 13.1 Å². The first-order valence-corrected chi connectivity index (χ1v) is 5.63. The molecular weight excluding hydrogens is 162 g/mol. The van der Waals surface area contributed by atoms with Crippen molar-refractivity contribution in [1.29, 1.82) is 0 Å². The van der Waals surface area contributed by atoms with Gasteiger partial charge in [-0.3, -0.25) is 9.69 Å². The van der Waals surface area contributed by atoms with Crippen LogP contribution in [0.25, 0.3) is 0 Å². The van der Waals surface area contributed by atoms with Gasteiger partial charge in [0.15, 0.2) is 0 Å². The van der Waals surface area contributed by atoms with Crippen LogP contribution in [0.4, 0.5) is 0 Å². The maximum absolute atomic E-state index is 11.7. The number of nitrogens with zero attached hydrogens (tertiary/aromatic N) is 1. The Bertz CT molecular complexity index is 238. The van der Waals surface area contributed by atoms with Crippen molar-refractivity contribution in [3.63, 3.8) is 0 Å². The number of piperidine rings is 3. The fourth-order valence-corrected chi connectivity index (χ4v) is 3.66. The van der Waals surface area contributed by atoms with E-state index in [0.29, 0.717) is 11.7 Å². The van der Waals surface area contributed by atoms with Crippen molar-refractivity contribution in [3.8, 4) is 0 Å². The Balaban J connectivity index is 1.89. The summed E-state index contributed by atoms with van der Waals surface area (Å²) in [6.07, 6.45) is 6.57. The fraction of sp³-hybridized carbons (Fsp3) is 0.909. The number of carbonyl (C=O) groups is 1. The van der Waals surface area contributed by atoms with E-state index in [1.54, 1.807) is 0 Å². The number of rotatable bonds is 0. The van der Waals surface area contributed by atoms with E-state index in [-0.39, 0.29) is 0 Å². The number of ketones is 1. The highest BCUT2D eigenvalue weighted by Gasteiger charge is 2.46. The van der Waals surface area contributed by atoms with Crippen molar-refractivity contribution in [3.05, 3.63) is 0 Å². The first-order chi connectivity index (χ1) is 6.36. The molecule has 3 heterocycles. The summed E-state index contributed by atoms with van der Waals surface area (Å²) >= 11 is 0. The zero-order chi connectivity index (χ0) is 8.84. The van der Waals surface area contributed by atoms with E-state index in [2.05, 4.69) is 4.90 Å². The lowest BCUT2D eigenvalue weighted by Crippen LogP contribution is -2.60. The van der Waals surface area contributed by atoms with Gasteiger partial charge in [0.2, 0.25) is 0 Å². The second-order valence-electron chi connectivity index (χ2n) is 4.85. The molecule has 0 aromatic carbocycles. The normalized spacial score (nSPS) is 49.1. The predicted octanol–water partition coefficient (Wildman–Crippen LogP) is 1.45. The lowest BCUT2D eigenvalue weighted by molar-refractivity contribution is -0.141. The summed E-state index contributed by atoms with van der Waals surface area (Å²) in [6.45, 7) is 1.96. The first kappa shape index (κ1) is 7.98. The van der Waals surface area contributed by atoms with Gasteiger partial charge >= 0.3 is 0 Å². The Morgan fingerprint density at radius 1 is 1.15 bits per heavy atom. The van der Waals surface area contributed by atoms with E-state index < -0.39 is 0 Å². The second-order valence-corrected chi connectivity index (χ2v) is 4.85. The molecule has 4 rings (SSSR count). The molecule has 0 spiro atoms. The molecular formula is C11H17NO. The van der Waals surface area contributed by atoms with Crippen molar-refractivity contribution in [2.24, 2.45) is 11.8 Å². The second kappa shape index (κ2) is 2.81. The van der Waals surface area contributed by atoms with Gasteiger partial charge in [-0.1, -0.05) is 12.8 Å². The molecule has 0 N–H and O–H groups in total. The zero-order valence-electron chi connectivity index (χ0n) is 8.04. The Kier molecular flexibility index (Phi) is 1.72. The number of hydrogen-bond acceptors (Lipinski definition) is 2. The van der Waals surface area contributed by atoms with Crippen LogP contribution in [0, 0.1) is 11.8 Å². The Morgan fingerprint density at radius 2 is 2.00 bits per heavy atom. The number of carbonyl (C=O) groups excluding carboxylic acids is 1. The molecule has 72 valence electrons. The lowest BCUT2D eigenvalue weighted by Gasteiger charge is -2.52. The van der Waals surface area contributed by atoms with E-state index in [0.717, 1.165) is 24.9 Å². The van der Waals surface area contributed by atoms with Crippen LogP contribution in [0.15, 0.2) is 0 Å². The molecule has 2 nitrogen and oxygen atoms in total. The highest BCUT2D eigenvalue weighted by atomic mass is 16.1. The third-order valence-electron chi connectivity index (χ3n) is 4.27. The van der Waals surface area contributed by atoms with Crippen LogP contribution < -0.4 is 0 Å². The van der Waals surface area contributed by atoms with Crippen molar-refractivity contribution in [1.82, 2.24) is 4.90 Å². The molecule has 3 saturated heterocycles. The number of hydrogen-bond donors (Lipinski definition) is 0. The average molecular weight is 179 g/mol. The molecule has 3 aliphatic heterocycles. The van der Waals surface area contributed by atoms with Gasteiger partial charge in [0.1, 0.15) is 5.78 Å². The summed E-state index contributed by atoms with van der Waals surface area (Å²) in [5, 5.41) is 0. The Hall–Kier alpha value is -0.370. The average Bonchev–Trinajstić information content (AvgIpc) is 2.19. The SMILES string of the molecule is O=C1CN2CCC1C1CCCCC12. The molecule has 0 radical (unpaired) electrons. The monoisotopic (exact) mass is 179 g/mol. The molecule has 2 bridgehead atoms. The van der Waals surface area contributed by atoms with Crippen LogP contribution in [0.2, 0.25) is 0 Å². The van der Waals surface area contributed by atoms with Gasteiger partial charge in [-0.15, -0.1) is 0 Å². The number of fused-ring (bicyclic) bond motifs is 2. The van der Waals surface area contributed by atoms with E-state index in [1.807, 2.05) is 0 Å². The Labute approximate surface area is 79.3 Å². The third-order valence-corrected chi connectivity index (χ3v) is 4.27. The van der Waals surface area contributed by atoms with Crippen LogP contribution in [0.5, 0.6) is 0 Å². The van der Waals surface area contributed by atoms with Crippen LogP contribution in [0.1, 0.15) is 32.1 Å². The molecule has 4 fully saturated rings. The van der Waals surface area contributed by atoms with E-state index in [9.17, 15) is 4.79 Å². The fourth-order valence-electron chi connectivity index (χ4n) is 3.66. The summed E-state index contributed by atoms with van der Waals surface area (Å²) in [5.74, 6) is 1.73. The van der Waals surface area contributed by atoms with E-state index >= 15 is 0 Å². The first-order valence-electron chi connectivity index (χ1n) is 5.63. The van der Waals surface area contributed by atoms with Crippen LogP contribution in [0.3, 0.4) is 0 Å². The van der Waals surface area contributed by atoms with Gasteiger partial charge in [-0.25, -0.2) is 0 Å². The van der Waals surface area contributed by atoms with Crippen LogP contribution in [-0.2, 0) is 4.79 Å². The summed E-state index contributed by atoms with van der Waals surface area (Å²) in [6, 6.07) is 0.783. The smallest absolute Gasteiger partial charge is 0.150 e. The van der Waals surface area contributed by atoms with E-state index in [1.165, 1.54) is 32.2 Å². The van der Waals surface area contributed by atoms with Gasteiger partial charge in [0.25, 0.3) is 0 Å². The minimum atomic E-state index is 0.454. The quantitative estimate of drug-likeness (QED) is 0.561.